The van der Waals surface area contributed by atoms with E-state index in [1.165, 1.54) is 6.26 Å². The number of hydrogen-bond acceptors (Lipinski definition) is 3. The summed E-state index contributed by atoms with van der Waals surface area (Å²) in [5.41, 5.74) is 2.86. The van der Waals surface area contributed by atoms with Gasteiger partial charge in [0.1, 0.15) is 5.69 Å². The number of fused-ring (bicyclic) bond motifs is 1. The Morgan fingerprint density at radius 2 is 1.76 bits per heavy atom. The Labute approximate surface area is 172 Å². The Balaban J connectivity index is 1.42. The number of anilines is 1. The second kappa shape index (κ2) is 7.85. The first-order chi connectivity index (χ1) is 14.0. The Kier molecular flexibility index (Phi) is 5.10. The monoisotopic (exact) mass is 407 g/mol. The summed E-state index contributed by atoms with van der Waals surface area (Å²) in [6, 6.07) is 18.1. The molecule has 0 saturated heterocycles. The fraction of sp³-hybridized carbons (Fsp3) is 0.0909. The molecule has 4 aromatic rings. The number of carbonyl (C=O) groups is 2. The van der Waals surface area contributed by atoms with Crippen molar-refractivity contribution in [1.82, 2.24) is 9.88 Å². The van der Waals surface area contributed by atoms with Gasteiger partial charge in [0.25, 0.3) is 11.8 Å². The highest BCUT2D eigenvalue weighted by Crippen LogP contribution is 2.29. The van der Waals surface area contributed by atoms with Crippen molar-refractivity contribution in [3.8, 4) is 0 Å². The predicted molar refractivity (Wildman–Crippen MR) is 112 cm³/mol. The summed E-state index contributed by atoms with van der Waals surface area (Å²) in [4.78, 5) is 24.7. The molecule has 0 radical (unpaired) electrons. The third-order valence-electron chi connectivity index (χ3n) is 4.67. The van der Waals surface area contributed by atoms with E-state index in [9.17, 15) is 9.59 Å². The zero-order valence-electron chi connectivity index (χ0n) is 15.6. The molecule has 146 valence electrons. The van der Waals surface area contributed by atoms with Crippen molar-refractivity contribution in [2.45, 2.75) is 6.54 Å². The van der Waals surface area contributed by atoms with Gasteiger partial charge in [0.2, 0.25) is 0 Å². The maximum absolute atomic E-state index is 12.7. The van der Waals surface area contributed by atoms with Crippen molar-refractivity contribution in [1.29, 1.82) is 0 Å². The molecule has 0 fully saturated rings. The van der Waals surface area contributed by atoms with Crippen LogP contribution in [-0.4, -0.2) is 16.4 Å². The number of rotatable bonds is 5. The smallest absolute Gasteiger partial charge is 0.291 e. The summed E-state index contributed by atoms with van der Waals surface area (Å²) in [5.74, 6) is -0.321. The van der Waals surface area contributed by atoms with Crippen LogP contribution in [-0.2, 0) is 13.6 Å². The van der Waals surface area contributed by atoms with Crippen LogP contribution < -0.4 is 10.6 Å². The molecule has 0 atom stereocenters. The Morgan fingerprint density at radius 3 is 2.45 bits per heavy atom. The SMILES string of the molecule is Cn1c(C(=O)NCc2ccc(NC(=O)c3ccco3)cc2)c(Cl)c2ccccc21. The van der Waals surface area contributed by atoms with Gasteiger partial charge in [0.05, 0.1) is 11.3 Å². The number of aromatic nitrogens is 1. The fourth-order valence-electron chi connectivity index (χ4n) is 3.17. The van der Waals surface area contributed by atoms with Gasteiger partial charge >= 0.3 is 0 Å². The Hall–Kier alpha value is -3.51. The lowest BCUT2D eigenvalue weighted by Gasteiger charge is -2.08. The summed E-state index contributed by atoms with van der Waals surface area (Å²) in [7, 11) is 1.82. The van der Waals surface area contributed by atoms with E-state index >= 15 is 0 Å². The normalized spacial score (nSPS) is 10.8. The number of halogens is 1. The number of benzene rings is 2. The van der Waals surface area contributed by atoms with Crippen molar-refractivity contribution in [3.63, 3.8) is 0 Å². The van der Waals surface area contributed by atoms with Crippen LogP contribution in [0.25, 0.3) is 10.9 Å². The lowest BCUT2D eigenvalue weighted by molar-refractivity contribution is 0.0942. The maximum atomic E-state index is 12.7. The van der Waals surface area contributed by atoms with Gasteiger partial charge in [-0.25, -0.2) is 0 Å². The number of hydrogen-bond donors (Lipinski definition) is 2. The molecular formula is C22H18ClN3O3. The number of aryl methyl sites for hydroxylation is 1. The molecule has 0 saturated carbocycles. The van der Waals surface area contributed by atoms with Gasteiger partial charge in [0, 0.05) is 30.2 Å². The molecule has 0 bridgehead atoms. The number of furan rings is 1. The van der Waals surface area contributed by atoms with Crippen molar-refractivity contribution < 1.29 is 14.0 Å². The van der Waals surface area contributed by atoms with E-state index in [1.807, 2.05) is 43.4 Å². The second-order valence-corrected chi connectivity index (χ2v) is 6.93. The third kappa shape index (κ3) is 3.75. The van der Waals surface area contributed by atoms with Crippen LogP contribution >= 0.6 is 11.6 Å². The quantitative estimate of drug-likeness (QED) is 0.507. The molecule has 7 heteroatoms. The van der Waals surface area contributed by atoms with Gasteiger partial charge < -0.3 is 19.6 Å². The van der Waals surface area contributed by atoms with Crippen molar-refractivity contribution >= 4 is 40.0 Å². The number of amides is 2. The number of carbonyl (C=O) groups excluding carboxylic acids is 2. The maximum Gasteiger partial charge on any atom is 0.291 e. The molecule has 2 amide bonds. The lowest BCUT2D eigenvalue weighted by atomic mass is 10.2. The average Bonchev–Trinajstić information content (AvgIpc) is 3.35. The van der Waals surface area contributed by atoms with E-state index in [-0.39, 0.29) is 17.6 Å². The van der Waals surface area contributed by atoms with Crippen LogP contribution in [0.3, 0.4) is 0 Å². The van der Waals surface area contributed by atoms with Gasteiger partial charge in [0.15, 0.2) is 5.76 Å². The summed E-state index contributed by atoms with van der Waals surface area (Å²) in [5, 5.41) is 6.93. The van der Waals surface area contributed by atoms with Crippen molar-refractivity contribution in [2.75, 3.05) is 5.32 Å². The molecule has 0 aliphatic rings. The standard InChI is InChI=1S/C22H18ClN3O3/c1-26-17-6-3-2-5-16(17)19(23)20(26)22(28)24-13-14-8-10-15(11-9-14)25-21(27)18-7-4-12-29-18/h2-12H,13H2,1H3,(H,24,28)(H,25,27). The predicted octanol–water partition coefficient (Wildman–Crippen LogP) is 4.61. The van der Waals surface area contributed by atoms with Crippen LogP contribution in [0, 0.1) is 0 Å². The van der Waals surface area contributed by atoms with Crippen LogP contribution in [0.5, 0.6) is 0 Å². The molecule has 4 rings (SSSR count). The summed E-state index contributed by atoms with van der Waals surface area (Å²) in [6.07, 6.45) is 1.45. The second-order valence-electron chi connectivity index (χ2n) is 6.55. The first-order valence-electron chi connectivity index (χ1n) is 8.99. The molecule has 0 unspecified atom stereocenters. The van der Waals surface area contributed by atoms with E-state index in [2.05, 4.69) is 10.6 Å². The Morgan fingerprint density at radius 1 is 1.00 bits per heavy atom. The molecule has 29 heavy (non-hydrogen) atoms. The topological polar surface area (TPSA) is 76.3 Å². The highest BCUT2D eigenvalue weighted by atomic mass is 35.5. The molecule has 0 aliphatic carbocycles. The molecule has 6 nitrogen and oxygen atoms in total. The van der Waals surface area contributed by atoms with Crippen molar-refractivity contribution in [3.05, 3.63) is 89.0 Å². The third-order valence-corrected chi connectivity index (χ3v) is 5.05. The van der Waals surface area contributed by atoms with Gasteiger partial charge in [-0.05, 0) is 35.9 Å². The molecule has 0 spiro atoms. The summed E-state index contributed by atoms with van der Waals surface area (Å²) in [6.45, 7) is 0.336. The summed E-state index contributed by atoms with van der Waals surface area (Å²) >= 11 is 6.42. The van der Waals surface area contributed by atoms with E-state index in [1.54, 1.807) is 28.8 Å². The zero-order valence-corrected chi connectivity index (χ0v) is 16.4. The Bertz CT molecular complexity index is 1140. The van der Waals surface area contributed by atoms with Gasteiger partial charge in [-0.15, -0.1) is 0 Å². The molecule has 0 aliphatic heterocycles. The molecule has 2 aromatic heterocycles. The first kappa shape index (κ1) is 18.8. The summed E-state index contributed by atoms with van der Waals surface area (Å²) < 4.78 is 6.86. The van der Waals surface area contributed by atoms with Crippen LogP contribution in [0.2, 0.25) is 5.02 Å². The molecular weight excluding hydrogens is 390 g/mol. The number of nitrogens with zero attached hydrogens (tertiary/aromatic N) is 1. The van der Waals surface area contributed by atoms with E-state index in [0.29, 0.717) is 22.9 Å². The van der Waals surface area contributed by atoms with E-state index in [0.717, 1.165) is 16.5 Å². The molecule has 2 aromatic carbocycles. The zero-order chi connectivity index (χ0) is 20.4. The minimum atomic E-state index is -0.318. The highest BCUT2D eigenvalue weighted by Gasteiger charge is 2.19. The minimum Gasteiger partial charge on any atom is -0.459 e. The lowest BCUT2D eigenvalue weighted by Crippen LogP contribution is -2.25. The first-order valence-corrected chi connectivity index (χ1v) is 9.37. The van der Waals surface area contributed by atoms with Crippen molar-refractivity contribution in [2.24, 2.45) is 7.05 Å². The van der Waals surface area contributed by atoms with E-state index in [4.69, 9.17) is 16.0 Å². The fourth-order valence-corrected chi connectivity index (χ4v) is 3.54. The van der Waals surface area contributed by atoms with Gasteiger partial charge in [-0.3, -0.25) is 9.59 Å². The van der Waals surface area contributed by atoms with E-state index < -0.39 is 0 Å². The number of nitrogens with one attached hydrogen (secondary N) is 2. The van der Waals surface area contributed by atoms with Crippen LogP contribution in [0.1, 0.15) is 26.6 Å². The number of para-hydroxylation sites is 1. The van der Waals surface area contributed by atoms with Crippen LogP contribution in [0.15, 0.2) is 71.3 Å². The van der Waals surface area contributed by atoms with Gasteiger partial charge in [-0.2, -0.15) is 0 Å². The largest absolute Gasteiger partial charge is 0.459 e. The molecule has 2 heterocycles. The molecule has 2 N–H and O–H groups in total. The minimum absolute atomic E-state index is 0.244. The van der Waals surface area contributed by atoms with Gasteiger partial charge in [-0.1, -0.05) is 41.9 Å². The highest BCUT2D eigenvalue weighted by molar-refractivity contribution is 6.38. The average molecular weight is 408 g/mol. The van der Waals surface area contributed by atoms with Crippen LogP contribution in [0.4, 0.5) is 5.69 Å².